The summed E-state index contributed by atoms with van der Waals surface area (Å²) in [6.07, 6.45) is 1.78. The highest BCUT2D eigenvalue weighted by Crippen LogP contribution is 2.63. The van der Waals surface area contributed by atoms with Crippen LogP contribution in [0.3, 0.4) is 0 Å². The fourth-order valence-corrected chi connectivity index (χ4v) is 14.3. The predicted molar refractivity (Wildman–Crippen MR) is 339 cm³/mol. The van der Waals surface area contributed by atoms with E-state index in [-0.39, 0.29) is 33.8 Å². The van der Waals surface area contributed by atoms with Crippen molar-refractivity contribution in [3.05, 3.63) is 245 Å². The molecule has 13 rings (SSSR count). The molecular weight excluding hydrogens is 954 g/mol. The molecule has 0 bridgehead atoms. The summed E-state index contributed by atoms with van der Waals surface area (Å²) in [5.41, 5.74) is 26.0. The number of hydrogen-bond donors (Lipinski definition) is 0. The molecule has 79 heavy (non-hydrogen) atoms. The third-order valence-electron chi connectivity index (χ3n) is 18.6. The SMILES string of the molecule is CC(C)(C)c1cccc(N2c3cc(C(C)(C)C)ccc3B3c4ccc(C(C)(C)C)cc4N(c4ccc(C(C)(C)C)cc4-c4ccccc4)c4cc(N5c6ccccc6C6(c7ccccc7)Cc7ccccc7CC56C)cc2c43)c1. The number of fused-ring (bicyclic) bond motifs is 8. The molecule has 4 heteroatoms. The molecule has 0 spiro atoms. The van der Waals surface area contributed by atoms with Gasteiger partial charge in [0.05, 0.1) is 11.2 Å². The van der Waals surface area contributed by atoms with Gasteiger partial charge in [0.15, 0.2) is 0 Å². The molecule has 0 N–H and O–H groups in total. The molecule has 4 aliphatic rings. The standard InChI is InChI=1S/C75H76BN3/c1-70(2,3)53-31-24-32-57(41-53)77-65-43-55(72(7,8)9)35-38-61(65)76-62-39-36-56(73(10,11)12)44-66(62)78(63-40-37-54(71(4,5)6)42-59(63)49-25-16-14-17-26-49)68-46-58(45-67(77)69(68)76)79-64-34-23-22-33-60(64)75(52-29-18-15-19-30-52)48-51-28-21-20-27-50(51)47-74(75,79)13/h14-46H,47-48H2,1-13H3. The van der Waals surface area contributed by atoms with E-state index in [0.29, 0.717) is 0 Å². The van der Waals surface area contributed by atoms with Gasteiger partial charge in [-0.05, 0) is 162 Å². The highest BCUT2D eigenvalue weighted by molar-refractivity contribution is 7.00. The minimum atomic E-state index is -0.421. The van der Waals surface area contributed by atoms with Crippen LogP contribution in [0, 0.1) is 0 Å². The molecule has 0 fully saturated rings. The molecule has 2 unspecified atom stereocenters. The van der Waals surface area contributed by atoms with Gasteiger partial charge in [-0.2, -0.15) is 0 Å². The van der Waals surface area contributed by atoms with E-state index in [1.807, 2.05) is 0 Å². The average molecular weight is 1030 g/mol. The lowest BCUT2D eigenvalue weighted by molar-refractivity contribution is 0.281. The maximum Gasteiger partial charge on any atom is 0.252 e. The molecule has 0 saturated heterocycles. The molecule has 3 heterocycles. The third kappa shape index (κ3) is 7.90. The fourth-order valence-electron chi connectivity index (χ4n) is 14.3. The molecule has 0 saturated carbocycles. The second-order valence-electron chi connectivity index (χ2n) is 27.7. The predicted octanol–water partition coefficient (Wildman–Crippen LogP) is 17.6. The van der Waals surface area contributed by atoms with Crippen LogP contribution in [0.15, 0.2) is 200 Å². The zero-order valence-electron chi connectivity index (χ0n) is 48.9. The van der Waals surface area contributed by atoms with Crippen molar-refractivity contribution in [2.24, 2.45) is 0 Å². The number of benzene rings is 9. The average Bonchev–Trinajstić information content (AvgIpc) is 2.37. The fraction of sp³-hybridized carbons (Fsp3) is 0.280. The molecule has 3 aliphatic heterocycles. The molecule has 0 radical (unpaired) electrons. The third-order valence-corrected chi connectivity index (χ3v) is 18.6. The van der Waals surface area contributed by atoms with Gasteiger partial charge in [-0.25, -0.2) is 0 Å². The zero-order chi connectivity index (χ0) is 55.2. The smallest absolute Gasteiger partial charge is 0.252 e. The second-order valence-corrected chi connectivity index (χ2v) is 27.7. The Labute approximate surface area is 472 Å². The summed E-state index contributed by atoms with van der Waals surface area (Å²) in [6.45, 7) is 30.7. The summed E-state index contributed by atoms with van der Waals surface area (Å²) in [5.74, 6) is 0. The maximum atomic E-state index is 2.81. The van der Waals surface area contributed by atoms with Crippen molar-refractivity contribution in [3.63, 3.8) is 0 Å². The molecule has 2 atom stereocenters. The summed E-state index contributed by atoms with van der Waals surface area (Å²) in [4.78, 5) is 8.17. The zero-order valence-corrected chi connectivity index (χ0v) is 48.9. The van der Waals surface area contributed by atoms with E-state index in [1.54, 1.807) is 0 Å². The topological polar surface area (TPSA) is 9.72 Å². The van der Waals surface area contributed by atoms with Crippen LogP contribution in [0.2, 0.25) is 0 Å². The van der Waals surface area contributed by atoms with Gasteiger partial charge in [-0.3, -0.25) is 0 Å². The van der Waals surface area contributed by atoms with Gasteiger partial charge in [-0.15, -0.1) is 0 Å². The van der Waals surface area contributed by atoms with Crippen LogP contribution in [-0.2, 0) is 39.9 Å². The summed E-state index contributed by atoms with van der Waals surface area (Å²) in [5, 5.41) is 0. The first-order valence-corrected chi connectivity index (χ1v) is 29.0. The van der Waals surface area contributed by atoms with E-state index in [0.717, 1.165) is 12.8 Å². The van der Waals surface area contributed by atoms with Crippen molar-refractivity contribution < 1.29 is 0 Å². The quantitative estimate of drug-likeness (QED) is 0.159. The molecule has 3 nitrogen and oxygen atoms in total. The highest BCUT2D eigenvalue weighted by atomic mass is 15.3. The number of nitrogens with zero attached hydrogens (tertiary/aromatic N) is 3. The molecular formula is C75H76BN3. The minimum absolute atomic E-state index is 0.0502. The van der Waals surface area contributed by atoms with Gasteiger partial charge in [-0.1, -0.05) is 229 Å². The first kappa shape index (κ1) is 50.9. The Morgan fingerprint density at radius 3 is 1.51 bits per heavy atom. The van der Waals surface area contributed by atoms with Crippen LogP contribution in [0.4, 0.5) is 45.5 Å². The largest absolute Gasteiger partial charge is 0.334 e. The molecule has 9 aromatic carbocycles. The molecule has 1 aliphatic carbocycles. The molecule has 0 aromatic heterocycles. The number of para-hydroxylation sites is 1. The van der Waals surface area contributed by atoms with Crippen LogP contribution >= 0.6 is 0 Å². The van der Waals surface area contributed by atoms with Crippen molar-refractivity contribution >= 4 is 68.6 Å². The lowest BCUT2D eigenvalue weighted by Gasteiger charge is -2.53. The van der Waals surface area contributed by atoms with E-state index in [4.69, 9.17) is 0 Å². The van der Waals surface area contributed by atoms with E-state index >= 15 is 0 Å². The Kier molecular flexibility index (Phi) is 11.4. The van der Waals surface area contributed by atoms with Gasteiger partial charge in [0.2, 0.25) is 0 Å². The molecule has 9 aromatic rings. The Hall–Kier alpha value is -7.56. The van der Waals surface area contributed by atoms with Gasteiger partial charge in [0.25, 0.3) is 6.71 Å². The monoisotopic (exact) mass is 1030 g/mol. The van der Waals surface area contributed by atoms with Gasteiger partial charge in [0, 0.05) is 50.8 Å². The highest BCUT2D eigenvalue weighted by Gasteiger charge is 2.62. The van der Waals surface area contributed by atoms with Crippen molar-refractivity contribution in [3.8, 4) is 11.1 Å². The van der Waals surface area contributed by atoms with Crippen LogP contribution in [0.25, 0.3) is 11.1 Å². The lowest BCUT2D eigenvalue weighted by atomic mass is 9.33. The Morgan fingerprint density at radius 1 is 0.380 bits per heavy atom. The van der Waals surface area contributed by atoms with E-state index in [1.165, 1.54) is 118 Å². The number of hydrogen-bond acceptors (Lipinski definition) is 3. The first-order valence-electron chi connectivity index (χ1n) is 29.0. The number of rotatable bonds is 5. The summed E-state index contributed by atoms with van der Waals surface area (Å²) in [6, 6.07) is 78.2. The molecule has 394 valence electrons. The second kappa shape index (κ2) is 17.7. The Morgan fingerprint density at radius 2 is 0.886 bits per heavy atom. The van der Waals surface area contributed by atoms with Crippen LogP contribution in [0.5, 0.6) is 0 Å². The summed E-state index contributed by atoms with van der Waals surface area (Å²) >= 11 is 0. The van der Waals surface area contributed by atoms with E-state index < -0.39 is 5.54 Å². The first-order chi connectivity index (χ1) is 37.6. The van der Waals surface area contributed by atoms with Crippen molar-refractivity contribution in [1.82, 2.24) is 0 Å². The Balaban J connectivity index is 1.20. The van der Waals surface area contributed by atoms with Crippen molar-refractivity contribution in [1.29, 1.82) is 0 Å². The van der Waals surface area contributed by atoms with Crippen molar-refractivity contribution in [2.75, 3.05) is 14.7 Å². The number of anilines is 8. The van der Waals surface area contributed by atoms with Crippen LogP contribution in [0.1, 0.15) is 135 Å². The summed E-state index contributed by atoms with van der Waals surface area (Å²) in [7, 11) is 0. The van der Waals surface area contributed by atoms with Crippen LogP contribution < -0.4 is 31.1 Å². The van der Waals surface area contributed by atoms with Gasteiger partial charge < -0.3 is 14.7 Å². The van der Waals surface area contributed by atoms with Gasteiger partial charge >= 0.3 is 0 Å². The van der Waals surface area contributed by atoms with E-state index in [2.05, 4.69) is 305 Å². The van der Waals surface area contributed by atoms with Crippen LogP contribution in [-0.4, -0.2) is 12.3 Å². The lowest BCUT2D eigenvalue weighted by Crippen LogP contribution is -2.62. The molecule has 0 amide bonds. The summed E-state index contributed by atoms with van der Waals surface area (Å²) < 4.78 is 0. The van der Waals surface area contributed by atoms with Crippen molar-refractivity contribution in [2.45, 2.75) is 135 Å². The maximum absolute atomic E-state index is 2.81. The van der Waals surface area contributed by atoms with Gasteiger partial charge in [0.1, 0.15) is 0 Å². The normalized spacial score (nSPS) is 18.3. The Bertz CT molecular complexity index is 3880. The minimum Gasteiger partial charge on any atom is -0.334 e. The van der Waals surface area contributed by atoms with E-state index in [9.17, 15) is 0 Å².